The number of hydrogen-bond donors (Lipinski definition) is 2. The number of ether oxygens (including phenoxy) is 1. The fourth-order valence-electron chi connectivity index (χ4n) is 6.31. The van der Waals surface area contributed by atoms with Gasteiger partial charge in [0, 0.05) is 47.2 Å². The van der Waals surface area contributed by atoms with E-state index in [1.165, 1.54) is 30.8 Å². The van der Waals surface area contributed by atoms with Crippen molar-refractivity contribution in [3.8, 4) is 5.75 Å². The van der Waals surface area contributed by atoms with E-state index in [2.05, 4.69) is 10.6 Å². The minimum absolute atomic E-state index is 0.0164. The smallest absolute Gasteiger partial charge is 0.255 e. The van der Waals surface area contributed by atoms with Crippen molar-refractivity contribution in [2.24, 2.45) is 5.92 Å². The topological polar surface area (TPSA) is 149 Å². The Morgan fingerprint density at radius 3 is 2.24 bits per heavy atom. The second kappa shape index (κ2) is 17.6. The maximum absolute atomic E-state index is 14.1. The standard InChI is InChI=1S/C37H50N6O7/c1-25(2)20-31-37(49)40(4)23-33(45)38-28(21-27-12-7-6-8-13-27)24-50-32-15-10-9-14-29(32)35(47)39-30(22-34(46)41(31)5)36(48)43-17-11-16-42(18-19-43)26(3)44/h6-10,12-15,25,28,30-31H,11,16-24H2,1-5H3,(H,38,45)(H,39,47)/t28-,30+,31+/m1/s1. The van der Waals surface area contributed by atoms with E-state index in [9.17, 15) is 28.8 Å². The van der Waals surface area contributed by atoms with Crippen molar-refractivity contribution < 1.29 is 33.5 Å². The quantitative estimate of drug-likeness (QED) is 0.486. The van der Waals surface area contributed by atoms with Gasteiger partial charge in [0.15, 0.2) is 0 Å². The molecule has 2 aromatic rings. The number of hydrogen-bond acceptors (Lipinski definition) is 7. The zero-order valence-corrected chi connectivity index (χ0v) is 29.7. The van der Waals surface area contributed by atoms with Gasteiger partial charge in [-0.3, -0.25) is 28.8 Å². The van der Waals surface area contributed by atoms with Crippen molar-refractivity contribution >= 4 is 35.4 Å². The van der Waals surface area contributed by atoms with E-state index in [4.69, 9.17) is 4.74 Å². The largest absolute Gasteiger partial charge is 0.491 e. The average molecular weight is 691 g/mol. The Balaban J connectivity index is 1.70. The summed E-state index contributed by atoms with van der Waals surface area (Å²) in [6, 6.07) is 13.5. The molecular weight excluding hydrogens is 640 g/mol. The third-order valence-corrected chi connectivity index (χ3v) is 9.09. The van der Waals surface area contributed by atoms with E-state index < -0.39 is 54.1 Å². The van der Waals surface area contributed by atoms with Gasteiger partial charge in [0.2, 0.25) is 29.5 Å². The fraction of sp³-hybridized carbons (Fsp3) is 0.514. The highest BCUT2D eigenvalue weighted by Crippen LogP contribution is 2.21. The summed E-state index contributed by atoms with van der Waals surface area (Å²) in [6.45, 7) is 6.55. The van der Waals surface area contributed by atoms with Crippen LogP contribution in [0.3, 0.4) is 0 Å². The zero-order chi connectivity index (χ0) is 36.4. The molecule has 50 heavy (non-hydrogen) atoms. The minimum Gasteiger partial charge on any atom is -0.491 e. The lowest BCUT2D eigenvalue weighted by atomic mass is 10.0. The molecule has 0 saturated carbocycles. The van der Waals surface area contributed by atoms with Crippen molar-refractivity contribution in [2.75, 3.05) is 53.4 Å². The molecule has 3 atom stereocenters. The fourth-order valence-corrected chi connectivity index (χ4v) is 6.31. The Morgan fingerprint density at radius 2 is 1.54 bits per heavy atom. The molecule has 13 nitrogen and oxygen atoms in total. The zero-order valence-electron chi connectivity index (χ0n) is 29.7. The molecule has 2 aliphatic heterocycles. The second-order valence-electron chi connectivity index (χ2n) is 13.5. The number of amides is 6. The van der Waals surface area contributed by atoms with Crippen molar-refractivity contribution in [1.82, 2.24) is 30.2 Å². The summed E-state index contributed by atoms with van der Waals surface area (Å²) < 4.78 is 6.16. The first-order valence-electron chi connectivity index (χ1n) is 17.2. The average Bonchev–Trinajstić information content (AvgIpc) is 3.35. The predicted molar refractivity (Wildman–Crippen MR) is 187 cm³/mol. The van der Waals surface area contributed by atoms with Gasteiger partial charge in [-0.1, -0.05) is 56.3 Å². The molecule has 13 heteroatoms. The van der Waals surface area contributed by atoms with Gasteiger partial charge >= 0.3 is 0 Å². The van der Waals surface area contributed by atoms with Gasteiger partial charge < -0.3 is 35.0 Å². The third-order valence-electron chi connectivity index (χ3n) is 9.09. The van der Waals surface area contributed by atoms with Crippen molar-refractivity contribution in [3.05, 3.63) is 65.7 Å². The van der Waals surface area contributed by atoms with Crippen LogP contribution in [-0.2, 0) is 30.4 Å². The van der Waals surface area contributed by atoms with Crippen LogP contribution in [0.25, 0.3) is 0 Å². The third kappa shape index (κ3) is 10.3. The molecule has 2 N–H and O–H groups in total. The van der Waals surface area contributed by atoms with Crippen LogP contribution >= 0.6 is 0 Å². The van der Waals surface area contributed by atoms with Crippen LogP contribution in [0.5, 0.6) is 5.75 Å². The number of benzene rings is 2. The molecule has 2 aromatic carbocycles. The second-order valence-corrected chi connectivity index (χ2v) is 13.5. The Morgan fingerprint density at radius 1 is 0.880 bits per heavy atom. The summed E-state index contributed by atoms with van der Waals surface area (Å²) in [6.07, 6.45) is 0.898. The summed E-state index contributed by atoms with van der Waals surface area (Å²) in [5.74, 6) is -2.22. The summed E-state index contributed by atoms with van der Waals surface area (Å²) in [7, 11) is 3.03. The molecule has 2 heterocycles. The van der Waals surface area contributed by atoms with Gasteiger partial charge in [-0.15, -0.1) is 0 Å². The number of fused-ring (bicyclic) bond motifs is 1. The lowest BCUT2D eigenvalue weighted by molar-refractivity contribution is -0.147. The first kappa shape index (κ1) is 37.9. The number of likely N-dealkylation sites (N-methyl/N-ethyl adjacent to an activating group) is 2. The molecule has 0 radical (unpaired) electrons. The Hall–Kier alpha value is -4.94. The predicted octanol–water partition coefficient (Wildman–Crippen LogP) is 1.71. The Bertz CT molecular complexity index is 1530. The molecule has 4 rings (SSSR count). The molecule has 0 aromatic heterocycles. The molecular formula is C37H50N6O7. The molecule has 270 valence electrons. The van der Waals surface area contributed by atoms with E-state index in [-0.39, 0.29) is 42.8 Å². The molecule has 1 fully saturated rings. The molecule has 1 saturated heterocycles. The van der Waals surface area contributed by atoms with Gasteiger partial charge in [0.25, 0.3) is 5.91 Å². The van der Waals surface area contributed by atoms with E-state index in [1.54, 1.807) is 34.1 Å². The van der Waals surface area contributed by atoms with Gasteiger partial charge in [0.1, 0.15) is 24.4 Å². The summed E-state index contributed by atoms with van der Waals surface area (Å²) in [5.41, 5.74) is 1.12. The summed E-state index contributed by atoms with van der Waals surface area (Å²) in [5, 5.41) is 5.79. The number of carbonyl (C=O) groups is 6. The summed E-state index contributed by atoms with van der Waals surface area (Å²) >= 11 is 0. The lowest BCUT2D eigenvalue weighted by Crippen LogP contribution is -2.54. The Kier molecular flexibility index (Phi) is 13.4. The molecule has 0 unspecified atom stereocenters. The van der Waals surface area contributed by atoms with Gasteiger partial charge in [0.05, 0.1) is 24.6 Å². The number of carbonyl (C=O) groups excluding carboxylic acids is 6. The van der Waals surface area contributed by atoms with Crippen molar-refractivity contribution in [1.29, 1.82) is 0 Å². The highest BCUT2D eigenvalue weighted by Gasteiger charge is 2.36. The van der Waals surface area contributed by atoms with Crippen LogP contribution in [0.4, 0.5) is 0 Å². The molecule has 0 spiro atoms. The molecule has 0 bridgehead atoms. The van der Waals surface area contributed by atoms with E-state index in [0.717, 1.165) is 5.56 Å². The number of para-hydroxylation sites is 1. The lowest BCUT2D eigenvalue weighted by Gasteiger charge is -2.33. The highest BCUT2D eigenvalue weighted by molar-refractivity contribution is 6.01. The van der Waals surface area contributed by atoms with Gasteiger partial charge in [-0.2, -0.15) is 0 Å². The maximum atomic E-state index is 14.1. The van der Waals surface area contributed by atoms with E-state index in [0.29, 0.717) is 38.9 Å². The van der Waals surface area contributed by atoms with Crippen LogP contribution in [0.15, 0.2) is 54.6 Å². The normalized spacial score (nSPS) is 21.8. The Labute approximate surface area is 294 Å². The van der Waals surface area contributed by atoms with Crippen molar-refractivity contribution in [2.45, 2.75) is 64.6 Å². The van der Waals surface area contributed by atoms with E-state index >= 15 is 0 Å². The first-order valence-corrected chi connectivity index (χ1v) is 17.2. The number of rotatable bonds is 5. The van der Waals surface area contributed by atoms with Gasteiger partial charge in [-0.05, 0) is 42.9 Å². The highest BCUT2D eigenvalue weighted by atomic mass is 16.5. The first-order chi connectivity index (χ1) is 23.8. The molecule has 2 aliphatic rings. The van der Waals surface area contributed by atoms with Gasteiger partial charge in [-0.25, -0.2) is 0 Å². The molecule has 0 aliphatic carbocycles. The minimum atomic E-state index is -1.26. The van der Waals surface area contributed by atoms with Crippen LogP contribution in [-0.4, -0.2) is 127 Å². The monoisotopic (exact) mass is 690 g/mol. The SMILES string of the molecule is CC(=O)N1CCCN(C(=O)[C@@H]2CC(=O)N(C)[C@@H](CC(C)C)C(=O)N(C)CC(=O)N[C@H](Cc3ccccc3)COc3ccccc3C(=O)N2)CC1. The maximum Gasteiger partial charge on any atom is 0.255 e. The van der Waals surface area contributed by atoms with E-state index in [1.807, 2.05) is 44.2 Å². The summed E-state index contributed by atoms with van der Waals surface area (Å²) in [4.78, 5) is 87.0. The van der Waals surface area contributed by atoms with Crippen LogP contribution in [0.2, 0.25) is 0 Å². The molecule has 6 amide bonds. The van der Waals surface area contributed by atoms with Crippen LogP contribution in [0.1, 0.15) is 56.0 Å². The number of nitrogens with one attached hydrogen (secondary N) is 2. The number of nitrogens with zero attached hydrogens (tertiary/aromatic N) is 4. The van der Waals surface area contributed by atoms with Crippen molar-refractivity contribution in [3.63, 3.8) is 0 Å². The van der Waals surface area contributed by atoms with Crippen LogP contribution < -0.4 is 15.4 Å². The van der Waals surface area contributed by atoms with Crippen LogP contribution in [0, 0.1) is 5.92 Å².